The predicted molar refractivity (Wildman–Crippen MR) is 87.5 cm³/mol. The largest absolute Gasteiger partial charge is 1.00 e. The van der Waals surface area contributed by atoms with Gasteiger partial charge in [0.15, 0.2) is 0 Å². The van der Waals surface area contributed by atoms with Gasteiger partial charge in [0.05, 0.1) is 26.2 Å². The van der Waals surface area contributed by atoms with E-state index in [-0.39, 0.29) is 12.4 Å². The van der Waals surface area contributed by atoms with Crippen LogP contribution < -0.4 is 12.4 Å². The average Bonchev–Trinajstić information content (AvgIpc) is 2.40. The molecular weight excluding hydrogens is 322 g/mol. The third-order valence-electron chi connectivity index (χ3n) is 3.97. The molecule has 0 rings (SSSR count). The topological polar surface area (TPSA) is 0 Å². The van der Waals surface area contributed by atoms with Gasteiger partial charge in [0.2, 0.25) is 0 Å². The molecule has 0 aliphatic carbocycles. The Morgan fingerprint density at radius 3 is 1.47 bits per heavy atom. The number of rotatable bonds is 13. The maximum atomic E-state index is 3.61. The van der Waals surface area contributed by atoms with E-state index in [0.717, 1.165) is 0 Å². The normalized spacial score (nSPS) is 11.4. The Bertz CT molecular complexity index is 154. The lowest BCUT2D eigenvalue weighted by Gasteiger charge is -2.39. The number of hydrogen-bond acceptors (Lipinski definition) is 0. The standard InChI is InChI=1S/C16H35BrN.ClH/c1-4-7-10-15-18(13-8-5-2,14-9-6-3)16-11-12-17;/h4-16H2,1-3H3;1H/q+1;/p-1. The summed E-state index contributed by atoms with van der Waals surface area (Å²) >= 11 is 3.61. The van der Waals surface area contributed by atoms with Gasteiger partial charge < -0.3 is 16.9 Å². The molecule has 0 fully saturated rings. The van der Waals surface area contributed by atoms with Crippen LogP contribution in [0.3, 0.4) is 0 Å². The van der Waals surface area contributed by atoms with Gasteiger partial charge in [-0.05, 0) is 25.7 Å². The molecule has 0 aliphatic rings. The Kier molecular flexibility index (Phi) is 17.5. The van der Waals surface area contributed by atoms with Crippen molar-refractivity contribution in [2.75, 3.05) is 31.5 Å². The first-order valence-electron chi connectivity index (χ1n) is 8.15. The van der Waals surface area contributed by atoms with E-state index in [0.29, 0.717) is 0 Å². The summed E-state index contributed by atoms with van der Waals surface area (Å²) in [7, 11) is 0. The molecule has 3 heteroatoms. The first-order valence-corrected chi connectivity index (χ1v) is 9.27. The van der Waals surface area contributed by atoms with E-state index in [9.17, 15) is 0 Å². The summed E-state index contributed by atoms with van der Waals surface area (Å²) in [4.78, 5) is 0. The molecule has 0 aromatic carbocycles. The lowest BCUT2D eigenvalue weighted by molar-refractivity contribution is -0.928. The van der Waals surface area contributed by atoms with Gasteiger partial charge in [-0.3, -0.25) is 0 Å². The number of halogens is 2. The fourth-order valence-corrected chi connectivity index (χ4v) is 3.00. The molecule has 19 heavy (non-hydrogen) atoms. The summed E-state index contributed by atoms with van der Waals surface area (Å²) in [6, 6.07) is 0. The molecule has 0 radical (unpaired) electrons. The first kappa shape index (κ1) is 22.0. The van der Waals surface area contributed by atoms with Gasteiger partial charge in [0.25, 0.3) is 0 Å². The monoisotopic (exact) mass is 355 g/mol. The van der Waals surface area contributed by atoms with Crippen LogP contribution in [0.25, 0.3) is 0 Å². The molecule has 0 atom stereocenters. The molecule has 0 spiro atoms. The Hall–Kier alpha value is 0.730. The van der Waals surface area contributed by atoms with Gasteiger partial charge in [0, 0.05) is 11.8 Å². The molecule has 0 bridgehead atoms. The highest BCUT2D eigenvalue weighted by atomic mass is 79.9. The molecule has 0 unspecified atom stereocenters. The maximum Gasteiger partial charge on any atom is 0.0794 e. The Labute approximate surface area is 136 Å². The molecule has 0 saturated heterocycles. The second-order valence-electron chi connectivity index (χ2n) is 5.69. The highest BCUT2D eigenvalue weighted by molar-refractivity contribution is 9.09. The number of hydrogen-bond donors (Lipinski definition) is 0. The zero-order valence-electron chi connectivity index (χ0n) is 13.4. The zero-order chi connectivity index (χ0) is 13.7. The summed E-state index contributed by atoms with van der Waals surface area (Å²) in [6.45, 7) is 12.6. The summed E-state index contributed by atoms with van der Waals surface area (Å²) in [5, 5.41) is 1.17. The van der Waals surface area contributed by atoms with Crippen molar-refractivity contribution in [3.05, 3.63) is 0 Å². The van der Waals surface area contributed by atoms with Crippen molar-refractivity contribution in [2.24, 2.45) is 0 Å². The van der Waals surface area contributed by atoms with E-state index in [4.69, 9.17) is 0 Å². The van der Waals surface area contributed by atoms with Crippen LogP contribution in [0.15, 0.2) is 0 Å². The summed E-state index contributed by atoms with van der Waals surface area (Å²) < 4.78 is 1.40. The van der Waals surface area contributed by atoms with Crippen molar-refractivity contribution in [3.8, 4) is 0 Å². The lowest BCUT2D eigenvalue weighted by atomic mass is 10.1. The highest BCUT2D eigenvalue weighted by Crippen LogP contribution is 2.16. The number of unbranched alkanes of at least 4 members (excludes halogenated alkanes) is 4. The van der Waals surface area contributed by atoms with E-state index in [1.807, 2.05) is 0 Å². The SMILES string of the molecule is CCCCC[N+](CCCC)(CCCC)CCCBr.[Cl-]. The Balaban J connectivity index is 0. The van der Waals surface area contributed by atoms with Crippen LogP contribution in [0.5, 0.6) is 0 Å². The molecule has 0 aliphatic heterocycles. The number of alkyl halides is 1. The van der Waals surface area contributed by atoms with Crippen LogP contribution in [0, 0.1) is 0 Å². The van der Waals surface area contributed by atoms with Gasteiger partial charge in [-0.25, -0.2) is 0 Å². The molecule has 0 aromatic rings. The molecule has 0 aromatic heterocycles. The zero-order valence-corrected chi connectivity index (χ0v) is 15.7. The quantitative estimate of drug-likeness (QED) is 0.270. The number of quaternary nitrogens is 1. The van der Waals surface area contributed by atoms with Crippen molar-refractivity contribution >= 4 is 15.9 Å². The smallest absolute Gasteiger partial charge is 0.0794 e. The van der Waals surface area contributed by atoms with Gasteiger partial charge in [-0.15, -0.1) is 0 Å². The van der Waals surface area contributed by atoms with Crippen LogP contribution in [0.4, 0.5) is 0 Å². The van der Waals surface area contributed by atoms with Crippen molar-refractivity contribution in [1.29, 1.82) is 0 Å². The minimum Gasteiger partial charge on any atom is -1.00 e. The second kappa shape index (κ2) is 15.1. The van der Waals surface area contributed by atoms with Gasteiger partial charge in [0.1, 0.15) is 0 Å². The third kappa shape index (κ3) is 11.1. The van der Waals surface area contributed by atoms with E-state index < -0.39 is 0 Å². The fraction of sp³-hybridized carbons (Fsp3) is 1.00. The van der Waals surface area contributed by atoms with E-state index in [1.165, 1.54) is 87.4 Å². The Morgan fingerprint density at radius 2 is 1.05 bits per heavy atom. The average molecular weight is 357 g/mol. The second-order valence-corrected chi connectivity index (χ2v) is 6.49. The van der Waals surface area contributed by atoms with E-state index in [2.05, 4.69) is 36.7 Å². The van der Waals surface area contributed by atoms with Crippen LogP contribution in [0.2, 0.25) is 0 Å². The predicted octanol–water partition coefficient (Wildman–Crippen LogP) is 2.38. The van der Waals surface area contributed by atoms with Crippen molar-refractivity contribution in [3.63, 3.8) is 0 Å². The number of nitrogens with zero attached hydrogens (tertiary/aromatic N) is 1. The minimum atomic E-state index is 0. The van der Waals surface area contributed by atoms with E-state index >= 15 is 0 Å². The van der Waals surface area contributed by atoms with Crippen LogP contribution in [-0.4, -0.2) is 36.0 Å². The Morgan fingerprint density at radius 1 is 0.632 bits per heavy atom. The summed E-state index contributed by atoms with van der Waals surface area (Å²) in [5.41, 5.74) is 0. The molecule has 1 nitrogen and oxygen atoms in total. The fourth-order valence-electron chi connectivity index (χ4n) is 2.75. The van der Waals surface area contributed by atoms with Crippen molar-refractivity contribution in [2.45, 2.75) is 72.1 Å². The molecule has 0 heterocycles. The highest BCUT2D eigenvalue weighted by Gasteiger charge is 2.24. The maximum absolute atomic E-state index is 3.61. The minimum absolute atomic E-state index is 0. The lowest BCUT2D eigenvalue weighted by Crippen LogP contribution is -3.00. The van der Waals surface area contributed by atoms with Crippen LogP contribution >= 0.6 is 15.9 Å². The summed E-state index contributed by atoms with van der Waals surface area (Å²) in [6.07, 6.45) is 11.0. The van der Waals surface area contributed by atoms with Gasteiger partial charge in [-0.1, -0.05) is 56.0 Å². The first-order chi connectivity index (χ1) is 8.74. The molecule has 0 saturated carbocycles. The van der Waals surface area contributed by atoms with Crippen LogP contribution in [-0.2, 0) is 0 Å². The summed E-state index contributed by atoms with van der Waals surface area (Å²) in [5.74, 6) is 0. The molecular formula is C16H35BrClN. The molecule has 0 N–H and O–H groups in total. The molecule has 0 amide bonds. The van der Waals surface area contributed by atoms with Crippen molar-refractivity contribution in [1.82, 2.24) is 0 Å². The van der Waals surface area contributed by atoms with E-state index in [1.54, 1.807) is 0 Å². The molecule has 118 valence electrons. The van der Waals surface area contributed by atoms with Gasteiger partial charge in [-0.2, -0.15) is 0 Å². The van der Waals surface area contributed by atoms with Crippen molar-refractivity contribution < 1.29 is 16.9 Å². The third-order valence-corrected chi connectivity index (χ3v) is 4.53. The van der Waals surface area contributed by atoms with Crippen LogP contribution in [0.1, 0.15) is 72.1 Å². The van der Waals surface area contributed by atoms with Gasteiger partial charge >= 0.3 is 0 Å².